The van der Waals surface area contributed by atoms with Gasteiger partial charge < -0.3 is 10.1 Å². The van der Waals surface area contributed by atoms with Crippen LogP contribution in [-0.2, 0) is 0 Å². The van der Waals surface area contributed by atoms with Gasteiger partial charge in [0.1, 0.15) is 10.9 Å². The molecule has 0 radical (unpaired) electrons. The number of fused-ring (bicyclic) bond motifs is 2. The molecule has 1 amide bonds. The molecule has 0 spiro atoms. The number of carbonyl (C=O) groups is 1. The van der Waals surface area contributed by atoms with Crippen LogP contribution in [0.15, 0.2) is 72.8 Å². The number of amides is 1. The highest BCUT2D eigenvalue weighted by Gasteiger charge is 2.35. The maximum absolute atomic E-state index is 13.5. The Balaban J connectivity index is 1.63. The van der Waals surface area contributed by atoms with E-state index in [-0.39, 0.29) is 5.91 Å². The largest absolute Gasteiger partial charge is 0.497 e. The number of carbonyl (C=O) groups excluding carboxylic acids is 1. The number of hydrogen-bond donors (Lipinski definition) is 2. The van der Waals surface area contributed by atoms with E-state index in [1.165, 1.54) is 5.01 Å². The molecule has 1 aliphatic rings. The zero-order chi connectivity index (χ0) is 22.2. The Morgan fingerprint density at radius 1 is 1.03 bits per heavy atom. The van der Waals surface area contributed by atoms with E-state index < -0.39 is 6.17 Å². The Labute approximate surface area is 194 Å². The fourth-order valence-corrected chi connectivity index (χ4v) is 4.09. The lowest BCUT2D eigenvalue weighted by molar-refractivity contribution is 0.0733. The highest BCUT2D eigenvalue weighted by atomic mass is 35.5. The zero-order valence-corrected chi connectivity index (χ0v) is 18.5. The van der Waals surface area contributed by atoms with Gasteiger partial charge in [-0.25, -0.2) is 9.99 Å². The van der Waals surface area contributed by atoms with Crippen LogP contribution >= 0.6 is 23.2 Å². The molecule has 1 unspecified atom stereocenters. The molecule has 0 aliphatic carbocycles. The van der Waals surface area contributed by atoms with Crippen molar-refractivity contribution in [3.05, 3.63) is 94.1 Å². The van der Waals surface area contributed by atoms with E-state index in [4.69, 9.17) is 27.9 Å². The summed E-state index contributed by atoms with van der Waals surface area (Å²) in [4.78, 5) is 18.0. The van der Waals surface area contributed by atoms with Crippen LogP contribution in [0.3, 0.4) is 0 Å². The van der Waals surface area contributed by atoms with Crippen molar-refractivity contribution < 1.29 is 9.53 Å². The van der Waals surface area contributed by atoms with Crippen LogP contribution in [0.25, 0.3) is 10.9 Å². The molecular weight excluding hydrogens is 447 g/mol. The molecule has 0 saturated heterocycles. The minimum absolute atomic E-state index is 0.193. The number of halogens is 2. The van der Waals surface area contributed by atoms with Crippen molar-refractivity contribution in [1.29, 1.82) is 0 Å². The Kier molecular flexibility index (Phi) is 5.25. The average Bonchev–Trinajstić information content (AvgIpc) is 2.81. The fraction of sp³-hybridized carbons (Fsp3) is 0.0833. The molecule has 0 fully saturated rings. The number of rotatable bonds is 4. The van der Waals surface area contributed by atoms with Crippen molar-refractivity contribution in [2.45, 2.75) is 6.17 Å². The molecule has 160 valence electrons. The van der Waals surface area contributed by atoms with Crippen molar-refractivity contribution in [1.82, 2.24) is 9.99 Å². The van der Waals surface area contributed by atoms with E-state index in [1.807, 2.05) is 42.5 Å². The first-order valence-corrected chi connectivity index (χ1v) is 10.6. The zero-order valence-electron chi connectivity index (χ0n) is 17.0. The number of para-hydroxylation sites is 1. The third-order valence-corrected chi connectivity index (χ3v) is 5.87. The summed E-state index contributed by atoms with van der Waals surface area (Å²) < 4.78 is 5.35. The number of nitrogens with one attached hydrogen (secondary N) is 2. The third kappa shape index (κ3) is 3.68. The number of ether oxygens (including phenoxy) is 1. The van der Waals surface area contributed by atoms with Gasteiger partial charge in [-0.2, -0.15) is 0 Å². The molecule has 8 heteroatoms. The molecule has 0 saturated carbocycles. The predicted octanol–water partition coefficient (Wildman–Crippen LogP) is 6.14. The van der Waals surface area contributed by atoms with Gasteiger partial charge in [-0.3, -0.25) is 10.2 Å². The van der Waals surface area contributed by atoms with Crippen molar-refractivity contribution in [2.75, 3.05) is 17.9 Å². The van der Waals surface area contributed by atoms with Crippen molar-refractivity contribution in [3.8, 4) is 5.75 Å². The average molecular weight is 465 g/mol. The number of hydrogen-bond acceptors (Lipinski definition) is 5. The fourth-order valence-electron chi connectivity index (χ4n) is 3.72. The van der Waals surface area contributed by atoms with Crippen LogP contribution in [-0.4, -0.2) is 23.0 Å². The summed E-state index contributed by atoms with van der Waals surface area (Å²) in [6.07, 6.45) is -0.608. The molecule has 32 heavy (non-hydrogen) atoms. The van der Waals surface area contributed by atoms with Gasteiger partial charge >= 0.3 is 0 Å². The Bertz CT molecular complexity index is 1330. The van der Waals surface area contributed by atoms with Crippen LogP contribution in [0.5, 0.6) is 5.75 Å². The van der Waals surface area contributed by atoms with Gasteiger partial charge in [0.25, 0.3) is 5.91 Å². The summed E-state index contributed by atoms with van der Waals surface area (Å²) >= 11 is 12.6. The molecule has 1 aromatic heterocycles. The summed E-state index contributed by atoms with van der Waals surface area (Å²) in [6, 6.07) is 22.0. The Morgan fingerprint density at radius 3 is 2.59 bits per heavy atom. The second kappa shape index (κ2) is 8.22. The summed E-state index contributed by atoms with van der Waals surface area (Å²) in [5.41, 5.74) is 6.56. The second-order valence-corrected chi connectivity index (χ2v) is 8.11. The summed E-state index contributed by atoms with van der Waals surface area (Å²) in [7, 11) is 1.61. The smallest absolute Gasteiger partial charge is 0.276 e. The lowest BCUT2D eigenvalue weighted by Gasteiger charge is -2.38. The third-order valence-electron chi connectivity index (χ3n) is 5.32. The maximum Gasteiger partial charge on any atom is 0.276 e. The van der Waals surface area contributed by atoms with E-state index >= 15 is 0 Å². The predicted molar refractivity (Wildman–Crippen MR) is 127 cm³/mol. The van der Waals surface area contributed by atoms with Gasteiger partial charge in [0.15, 0.2) is 6.17 Å². The molecule has 2 N–H and O–H groups in total. The number of methoxy groups -OCH3 is 1. The standard InChI is InChI=1S/C24H18Cl2N4O2/c1-32-17-10-11-20-14(12-17)13-19(22(26)27-20)23-28-21-5-3-2-4-18(21)24(31)30(23)29-16-8-6-15(25)7-9-16/h2-13,23,28-29H,1H3. The first-order valence-electron chi connectivity index (χ1n) is 9.89. The summed E-state index contributed by atoms with van der Waals surface area (Å²) in [5.74, 6) is 0.517. The minimum Gasteiger partial charge on any atom is -0.497 e. The first kappa shape index (κ1) is 20.4. The molecule has 0 bridgehead atoms. The maximum atomic E-state index is 13.5. The summed E-state index contributed by atoms with van der Waals surface area (Å²) in [6.45, 7) is 0. The number of pyridine rings is 1. The van der Waals surface area contributed by atoms with Crippen molar-refractivity contribution in [3.63, 3.8) is 0 Å². The van der Waals surface area contributed by atoms with Gasteiger partial charge in [-0.1, -0.05) is 35.3 Å². The van der Waals surface area contributed by atoms with Crippen molar-refractivity contribution in [2.24, 2.45) is 0 Å². The van der Waals surface area contributed by atoms with Crippen molar-refractivity contribution >= 4 is 51.4 Å². The minimum atomic E-state index is -0.608. The normalized spacial score (nSPS) is 15.3. The molecule has 5 rings (SSSR count). The van der Waals surface area contributed by atoms with Crippen LogP contribution in [0.1, 0.15) is 22.1 Å². The van der Waals surface area contributed by atoms with Crippen LogP contribution < -0.4 is 15.5 Å². The van der Waals surface area contributed by atoms with E-state index in [0.717, 1.165) is 16.6 Å². The van der Waals surface area contributed by atoms with Crippen LogP contribution in [0.4, 0.5) is 11.4 Å². The topological polar surface area (TPSA) is 66.5 Å². The van der Waals surface area contributed by atoms with Gasteiger partial charge in [-0.05, 0) is 60.7 Å². The number of benzene rings is 3. The lowest BCUT2D eigenvalue weighted by Crippen LogP contribution is -2.46. The van der Waals surface area contributed by atoms with Gasteiger partial charge in [0.05, 0.1) is 23.9 Å². The highest BCUT2D eigenvalue weighted by molar-refractivity contribution is 6.31. The number of nitrogens with zero attached hydrogens (tertiary/aromatic N) is 2. The quantitative estimate of drug-likeness (QED) is 0.354. The molecule has 2 heterocycles. The number of hydrazine groups is 1. The van der Waals surface area contributed by atoms with Gasteiger partial charge in [0, 0.05) is 21.7 Å². The monoisotopic (exact) mass is 464 g/mol. The molecular formula is C24H18Cl2N4O2. The molecule has 3 aromatic carbocycles. The summed E-state index contributed by atoms with van der Waals surface area (Å²) in [5, 5.41) is 6.69. The molecule has 1 aliphatic heterocycles. The van der Waals surface area contributed by atoms with Crippen LogP contribution in [0, 0.1) is 0 Å². The first-order chi connectivity index (χ1) is 15.5. The molecule has 4 aromatic rings. The van der Waals surface area contributed by atoms with Gasteiger partial charge in [0.2, 0.25) is 0 Å². The molecule has 1 atom stereocenters. The second-order valence-electron chi connectivity index (χ2n) is 7.31. The van der Waals surface area contributed by atoms with Crippen LogP contribution in [0.2, 0.25) is 10.2 Å². The van der Waals surface area contributed by atoms with E-state index in [1.54, 1.807) is 37.4 Å². The number of anilines is 2. The Hall–Kier alpha value is -3.48. The molecule has 6 nitrogen and oxygen atoms in total. The highest BCUT2D eigenvalue weighted by Crippen LogP contribution is 2.37. The number of aromatic nitrogens is 1. The Morgan fingerprint density at radius 2 is 1.81 bits per heavy atom. The van der Waals surface area contributed by atoms with E-state index in [0.29, 0.717) is 32.7 Å². The van der Waals surface area contributed by atoms with Gasteiger partial charge in [-0.15, -0.1) is 0 Å². The SMILES string of the molecule is COc1ccc2nc(Cl)c(C3Nc4ccccc4C(=O)N3Nc3ccc(Cl)cc3)cc2c1. The van der Waals surface area contributed by atoms with E-state index in [9.17, 15) is 4.79 Å². The van der Waals surface area contributed by atoms with E-state index in [2.05, 4.69) is 15.7 Å². The lowest BCUT2D eigenvalue weighted by atomic mass is 10.0.